The van der Waals surface area contributed by atoms with Gasteiger partial charge in [-0.25, -0.2) is 0 Å². The van der Waals surface area contributed by atoms with Crippen molar-refractivity contribution in [2.24, 2.45) is 11.7 Å². The van der Waals surface area contributed by atoms with Crippen LogP contribution in [-0.4, -0.2) is 12.5 Å². The Balaban J connectivity index is 2.34. The Bertz CT molecular complexity index is 344. The number of benzene rings is 1. The van der Waals surface area contributed by atoms with E-state index in [1.165, 1.54) is 0 Å². The average Bonchev–Trinajstić information content (AvgIpc) is 2.29. The van der Waals surface area contributed by atoms with Gasteiger partial charge in [0.25, 0.3) is 0 Å². The largest absolute Gasteiger partial charge is 0.356 e. The summed E-state index contributed by atoms with van der Waals surface area (Å²) in [6.45, 7) is 5.60. The molecule has 94 valence electrons. The van der Waals surface area contributed by atoms with Crippen molar-refractivity contribution in [2.75, 3.05) is 6.54 Å². The van der Waals surface area contributed by atoms with Crippen LogP contribution in [0.15, 0.2) is 24.3 Å². The number of nitrogens with two attached hydrogens (primary N) is 1. The van der Waals surface area contributed by atoms with E-state index >= 15 is 0 Å². The van der Waals surface area contributed by atoms with E-state index < -0.39 is 0 Å². The Kier molecular flexibility index (Phi) is 5.70. The van der Waals surface area contributed by atoms with Crippen molar-refractivity contribution >= 4 is 5.91 Å². The van der Waals surface area contributed by atoms with Gasteiger partial charge >= 0.3 is 0 Å². The second-order valence-electron chi connectivity index (χ2n) is 4.73. The number of amides is 1. The van der Waals surface area contributed by atoms with Crippen molar-refractivity contribution < 1.29 is 4.79 Å². The van der Waals surface area contributed by atoms with E-state index in [1.54, 1.807) is 0 Å². The summed E-state index contributed by atoms with van der Waals surface area (Å²) in [6, 6.07) is 7.86. The van der Waals surface area contributed by atoms with Gasteiger partial charge in [0.1, 0.15) is 0 Å². The standard InChI is InChI=1S/C14H22N2O/c1-11(2)7-8-16-14(17)9-12-3-5-13(10-15)6-4-12/h3-6,11H,7-10,15H2,1-2H3,(H,16,17). The number of hydrogen-bond donors (Lipinski definition) is 2. The van der Waals surface area contributed by atoms with Crippen molar-refractivity contribution in [3.8, 4) is 0 Å². The fraction of sp³-hybridized carbons (Fsp3) is 0.500. The molecule has 3 heteroatoms. The lowest BCUT2D eigenvalue weighted by atomic mass is 10.1. The maximum Gasteiger partial charge on any atom is 0.224 e. The van der Waals surface area contributed by atoms with Crippen LogP contribution in [0, 0.1) is 5.92 Å². The van der Waals surface area contributed by atoms with Crippen molar-refractivity contribution in [1.82, 2.24) is 5.32 Å². The number of carbonyl (C=O) groups is 1. The fourth-order valence-electron chi connectivity index (χ4n) is 1.54. The summed E-state index contributed by atoms with van der Waals surface area (Å²) in [5.41, 5.74) is 7.64. The minimum absolute atomic E-state index is 0.0890. The minimum Gasteiger partial charge on any atom is -0.356 e. The summed E-state index contributed by atoms with van der Waals surface area (Å²) in [7, 11) is 0. The first-order chi connectivity index (χ1) is 8.11. The molecular weight excluding hydrogens is 212 g/mol. The van der Waals surface area contributed by atoms with Gasteiger partial charge in [0.2, 0.25) is 5.91 Å². The van der Waals surface area contributed by atoms with E-state index in [0.29, 0.717) is 18.9 Å². The van der Waals surface area contributed by atoms with Gasteiger partial charge in [-0.2, -0.15) is 0 Å². The third-order valence-corrected chi connectivity index (χ3v) is 2.67. The lowest BCUT2D eigenvalue weighted by Gasteiger charge is -2.07. The molecule has 0 spiro atoms. The highest BCUT2D eigenvalue weighted by atomic mass is 16.1. The third kappa shape index (κ3) is 5.50. The molecule has 0 atom stereocenters. The van der Waals surface area contributed by atoms with Gasteiger partial charge in [-0.3, -0.25) is 4.79 Å². The van der Waals surface area contributed by atoms with E-state index in [0.717, 1.165) is 24.1 Å². The van der Waals surface area contributed by atoms with Gasteiger partial charge in [0, 0.05) is 13.1 Å². The molecule has 0 aromatic heterocycles. The predicted octanol–water partition coefficient (Wildman–Crippen LogP) is 1.85. The van der Waals surface area contributed by atoms with Gasteiger partial charge in [0.05, 0.1) is 6.42 Å². The Hall–Kier alpha value is -1.35. The molecule has 1 rings (SSSR count). The van der Waals surface area contributed by atoms with Crippen LogP contribution in [0.3, 0.4) is 0 Å². The molecule has 3 nitrogen and oxygen atoms in total. The molecule has 0 aliphatic rings. The normalized spacial score (nSPS) is 10.6. The fourth-order valence-corrected chi connectivity index (χ4v) is 1.54. The van der Waals surface area contributed by atoms with Crippen LogP contribution in [0.25, 0.3) is 0 Å². The van der Waals surface area contributed by atoms with Crippen LogP contribution in [0.1, 0.15) is 31.4 Å². The summed E-state index contributed by atoms with van der Waals surface area (Å²) in [5.74, 6) is 0.713. The Labute approximate surface area is 103 Å². The average molecular weight is 234 g/mol. The van der Waals surface area contributed by atoms with Crippen LogP contribution < -0.4 is 11.1 Å². The number of hydrogen-bond acceptors (Lipinski definition) is 2. The van der Waals surface area contributed by atoms with Crippen molar-refractivity contribution in [1.29, 1.82) is 0 Å². The van der Waals surface area contributed by atoms with Crippen LogP contribution >= 0.6 is 0 Å². The molecule has 1 aromatic carbocycles. The Morgan fingerprint density at radius 3 is 2.35 bits per heavy atom. The highest BCUT2D eigenvalue weighted by molar-refractivity contribution is 5.78. The Morgan fingerprint density at radius 2 is 1.82 bits per heavy atom. The smallest absolute Gasteiger partial charge is 0.224 e. The Morgan fingerprint density at radius 1 is 1.24 bits per heavy atom. The highest BCUT2D eigenvalue weighted by Crippen LogP contribution is 2.04. The van der Waals surface area contributed by atoms with Gasteiger partial charge in [-0.1, -0.05) is 38.1 Å². The van der Waals surface area contributed by atoms with Gasteiger partial charge in [-0.05, 0) is 23.5 Å². The van der Waals surface area contributed by atoms with E-state index in [1.807, 2.05) is 24.3 Å². The first kappa shape index (κ1) is 13.7. The second kappa shape index (κ2) is 7.07. The van der Waals surface area contributed by atoms with E-state index in [2.05, 4.69) is 19.2 Å². The number of rotatable bonds is 6. The topological polar surface area (TPSA) is 55.1 Å². The molecule has 0 saturated carbocycles. The van der Waals surface area contributed by atoms with Crippen LogP contribution in [-0.2, 0) is 17.8 Å². The van der Waals surface area contributed by atoms with Gasteiger partial charge in [0.15, 0.2) is 0 Å². The van der Waals surface area contributed by atoms with E-state index in [-0.39, 0.29) is 5.91 Å². The molecule has 0 unspecified atom stereocenters. The summed E-state index contributed by atoms with van der Waals surface area (Å²) in [5, 5.41) is 2.93. The third-order valence-electron chi connectivity index (χ3n) is 2.67. The van der Waals surface area contributed by atoms with Crippen molar-refractivity contribution in [2.45, 2.75) is 33.2 Å². The summed E-state index contributed by atoms with van der Waals surface area (Å²) >= 11 is 0. The molecule has 0 radical (unpaired) electrons. The zero-order valence-electron chi connectivity index (χ0n) is 10.7. The molecule has 17 heavy (non-hydrogen) atoms. The maximum absolute atomic E-state index is 11.6. The molecule has 0 aliphatic carbocycles. The van der Waals surface area contributed by atoms with Crippen LogP contribution in [0.4, 0.5) is 0 Å². The van der Waals surface area contributed by atoms with Crippen molar-refractivity contribution in [3.63, 3.8) is 0 Å². The van der Waals surface area contributed by atoms with Gasteiger partial charge < -0.3 is 11.1 Å². The van der Waals surface area contributed by atoms with E-state index in [9.17, 15) is 4.79 Å². The minimum atomic E-state index is 0.0890. The first-order valence-electron chi connectivity index (χ1n) is 6.16. The lowest BCUT2D eigenvalue weighted by Crippen LogP contribution is -2.26. The number of nitrogens with one attached hydrogen (secondary N) is 1. The zero-order chi connectivity index (χ0) is 12.7. The lowest BCUT2D eigenvalue weighted by molar-refractivity contribution is -0.120. The second-order valence-corrected chi connectivity index (χ2v) is 4.73. The van der Waals surface area contributed by atoms with Crippen LogP contribution in [0.2, 0.25) is 0 Å². The zero-order valence-corrected chi connectivity index (χ0v) is 10.7. The molecule has 1 amide bonds. The monoisotopic (exact) mass is 234 g/mol. The predicted molar refractivity (Wildman–Crippen MR) is 70.5 cm³/mol. The summed E-state index contributed by atoms with van der Waals surface area (Å²) in [6.07, 6.45) is 1.47. The molecule has 0 fully saturated rings. The number of carbonyl (C=O) groups excluding carboxylic acids is 1. The molecule has 0 bridgehead atoms. The summed E-state index contributed by atoms with van der Waals surface area (Å²) < 4.78 is 0. The molecule has 1 aromatic rings. The molecule has 0 aliphatic heterocycles. The SMILES string of the molecule is CC(C)CCNC(=O)Cc1ccc(CN)cc1. The van der Waals surface area contributed by atoms with Gasteiger partial charge in [-0.15, -0.1) is 0 Å². The first-order valence-corrected chi connectivity index (χ1v) is 6.16. The van der Waals surface area contributed by atoms with Crippen LogP contribution in [0.5, 0.6) is 0 Å². The van der Waals surface area contributed by atoms with Crippen molar-refractivity contribution in [3.05, 3.63) is 35.4 Å². The molecule has 3 N–H and O–H groups in total. The van der Waals surface area contributed by atoms with E-state index in [4.69, 9.17) is 5.73 Å². The maximum atomic E-state index is 11.6. The molecular formula is C14H22N2O. The summed E-state index contributed by atoms with van der Waals surface area (Å²) in [4.78, 5) is 11.6. The molecule has 0 heterocycles. The quantitative estimate of drug-likeness (QED) is 0.789. The highest BCUT2D eigenvalue weighted by Gasteiger charge is 2.03. The molecule has 0 saturated heterocycles.